The smallest absolute Gasteiger partial charge is 0.264 e. The molecule has 0 aliphatic heterocycles. The predicted molar refractivity (Wildman–Crippen MR) is 158 cm³/mol. The van der Waals surface area contributed by atoms with Crippen LogP contribution >= 0.6 is 11.8 Å². The third-order valence-corrected chi connectivity index (χ3v) is 9.49. The second-order valence-electron chi connectivity index (χ2n) is 8.36. The minimum atomic E-state index is -4.12. The van der Waals surface area contributed by atoms with E-state index < -0.39 is 32.5 Å². The van der Waals surface area contributed by atoms with Crippen molar-refractivity contribution in [3.63, 3.8) is 0 Å². The lowest BCUT2D eigenvalue weighted by Gasteiger charge is -2.24. The van der Waals surface area contributed by atoms with E-state index in [0.29, 0.717) is 12.4 Å². The first-order valence-electron chi connectivity index (χ1n) is 12.2. The zero-order chi connectivity index (χ0) is 29.5. The van der Waals surface area contributed by atoms with Crippen LogP contribution < -0.4 is 19.1 Å². The van der Waals surface area contributed by atoms with Gasteiger partial charge in [-0.15, -0.1) is 11.8 Å². The first-order valence-corrected chi connectivity index (χ1v) is 16.4. The Morgan fingerprint density at radius 3 is 2.07 bits per heavy atom. The lowest BCUT2D eigenvalue weighted by atomic mass is 10.3. The molecule has 0 saturated carbocycles. The number of carbonyl (C=O) groups is 1. The number of rotatable bonds is 12. The summed E-state index contributed by atoms with van der Waals surface area (Å²) in [6.07, 6.45) is 4.69. The molecule has 0 radical (unpaired) electrons. The predicted octanol–water partition coefficient (Wildman–Crippen LogP) is 4.23. The van der Waals surface area contributed by atoms with Crippen LogP contribution in [0.3, 0.4) is 0 Å². The Balaban J connectivity index is 1.54. The van der Waals surface area contributed by atoms with Gasteiger partial charge in [-0.2, -0.15) is 0 Å². The molecule has 0 fully saturated rings. The third kappa shape index (κ3) is 7.54. The van der Waals surface area contributed by atoms with Crippen molar-refractivity contribution >= 4 is 55.0 Å². The maximum absolute atomic E-state index is 13.7. The summed E-state index contributed by atoms with van der Waals surface area (Å²) in [5.41, 5.74) is 0.548. The Hall–Kier alpha value is -4.14. The molecule has 0 atom stereocenters. The summed E-state index contributed by atoms with van der Waals surface area (Å²) in [6.45, 7) is 1.75. The van der Waals surface area contributed by atoms with Gasteiger partial charge in [0.2, 0.25) is 11.9 Å². The summed E-state index contributed by atoms with van der Waals surface area (Å²) in [7, 11) is -8.09. The van der Waals surface area contributed by atoms with Crippen LogP contribution in [0.1, 0.15) is 6.92 Å². The number of hydrogen-bond donors (Lipinski definition) is 2. The number of aromatic nitrogens is 2. The van der Waals surface area contributed by atoms with Crippen molar-refractivity contribution in [1.29, 1.82) is 0 Å². The molecule has 0 aliphatic carbocycles. The molecule has 2 N–H and O–H groups in total. The van der Waals surface area contributed by atoms with Crippen LogP contribution in [0.5, 0.6) is 5.75 Å². The maximum atomic E-state index is 13.7. The molecule has 11 nitrogen and oxygen atoms in total. The Morgan fingerprint density at radius 2 is 1.49 bits per heavy atom. The van der Waals surface area contributed by atoms with Crippen molar-refractivity contribution in [2.75, 3.05) is 33.8 Å². The van der Waals surface area contributed by atoms with E-state index in [1.54, 1.807) is 42.5 Å². The van der Waals surface area contributed by atoms with E-state index in [9.17, 15) is 21.6 Å². The van der Waals surface area contributed by atoms with Crippen LogP contribution in [0.15, 0.2) is 106 Å². The fourth-order valence-electron chi connectivity index (χ4n) is 3.64. The van der Waals surface area contributed by atoms with Crippen LogP contribution in [0.4, 0.5) is 17.3 Å². The maximum Gasteiger partial charge on any atom is 0.264 e. The summed E-state index contributed by atoms with van der Waals surface area (Å²) in [5.74, 6) is -0.149. The van der Waals surface area contributed by atoms with E-state index in [2.05, 4.69) is 20.0 Å². The lowest BCUT2D eigenvalue weighted by molar-refractivity contribution is -0.114. The van der Waals surface area contributed by atoms with Gasteiger partial charge in [0, 0.05) is 23.0 Å². The molecule has 214 valence electrons. The number of carbonyl (C=O) groups excluding carboxylic acids is 1. The third-order valence-electron chi connectivity index (χ3n) is 5.61. The molecule has 0 spiro atoms. The topological polar surface area (TPSA) is 148 Å². The van der Waals surface area contributed by atoms with Crippen LogP contribution in [0, 0.1) is 0 Å². The highest BCUT2D eigenvalue weighted by Crippen LogP contribution is 2.27. The number of anilines is 3. The monoisotopic (exact) mass is 613 g/mol. The molecule has 0 bridgehead atoms. The van der Waals surface area contributed by atoms with Gasteiger partial charge in [0.25, 0.3) is 20.0 Å². The molecule has 4 aromatic rings. The largest absolute Gasteiger partial charge is 0.494 e. The summed E-state index contributed by atoms with van der Waals surface area (Å²) in [5, 5.41) is 2.63. The molecule has 41 heavy (non-hydrogen) atoms. The molecule has 0 aliphatic rings. The minimum Gasteiger partial charge on any atom is -0.494 e. The summed E-state index contributed by atoms with van der Waals surface area (Å²) < 4.78 is 61.3. The first-order chi connectivity index (χ1) is 19.6. The van der Waals surface area contributed by atoms with E-state index in [0.717, 1.165) is 9.20 Å². The number of sulfonamides is 2. The van der Waals surface area contributed by atoms with Gasteiger partial charge < -0.3 is 10.1 Å². The molecular formula is C27H27N5O6S3. The van der Waals surface area contributed by atoms with E-state index in [1.807, 2.05) is 13.2 Å². The van der Waals surface area contributed by atoms with Crippen LogP contribution in [0.2, 0.25) is 0 Å². The van der Waals surface area contributed by atoms with Crippen molar-refractivity contribution in [2.24, 2.45) is 0 Å². The minimum absolute atomic E-state index is 0.0291. The van der Waals surface area contributed by atoms with Crippen LogP contribution in [-0.4, -0.2) is 52.1 Å². The Kier molecular flexibility index (Phi) is 9.47. The zero-order valence-electron chi connectivity index (χ0n) is 22.1. The molecule has 0 unspecified atom stereocenters. The highest BCUT2D eigenvalue weighted by Gasteiger charge is 2.27. The fourth-order valence-corrected chi connectivity index (χ4v) is 6.43. The van der Waals surface area contributed by atoms with Crippen molar-refractivity contribution in [2.45, 2.75) is 21.6 Å². The van der Waals surface area contributed by atoms with E-state index in [1.165, 1.54) is 60.6 Å². The van der Waals surface area contributed by atoms with Gasteiger partial charge in [0.1, 0.15) is 12.3 Å². The van der Waals surface area contributed by atoms with Crippen LogP contribution in [0.25, 0.3) is 0 Å². The number of amides is 1. The lowest BCUT2D eigenvalue weighted by Crippen LogP contribution is -2.38. The van der Waals surface area contributed by atoms with Crippen molar-refractivity contribution in [1.82, 2.24) is 9.97 Å². The quantitative estimate of drug-likeness (QED) is 0.224. The highest BCUT2D eigenvalue weighted by molar-refractivity contribution is 7.98. The molecule has 0 saturated heterocycles. The van der Waals surface area contributed by atoms with Gasteiger partial charge in [-0.05, 0) is 92.0 Å². The van der Waals surface area contributed by atoms with Crippen molar-refractivity contribution in [3.8, 4) is 5.75 Å². The molecule has 4 rings (SSSR count). The van der Waals surface area contributed by atoms with Gasteiger partial charge in [-0.25, -0.2) is 31.5 Å². The molecule has 14 heteroatoms. The molecular weight excluding hydrogens is 587 g/mol. The van der Waals surface area contributed by atoms with Gasteiger partial charge in [0.05, 0.1) is 22.1 Å². The van der Waals surface area contributed by atoms with Gasteiger partial charge in [0.15, 0.2) is 0 Å². The van der Waals surface area contributed by atoms with Crippen LogP contribution in [-0.2, 0) is 24.8 Å². The summed E-state index contributed by atoms with van der Waals surface area (Å²) >= 11 is 1.48. The van der Waals surface area contributed by atoms with Gasteiger partial charge in [-0.1, -0.05) is 0 Å². The standard InChI is InChI=1S/C27H27N5O6S3/c1-3-38-22-9-7-21(8-10-22)32(41(36,37)25-15-11-23(39-2)12-16-25)19-26(33)30-20-5-13-24(14-6-20)40(34,35)31-27-28-17-4-18-29-27/h4-18H,3,19H2,1-2H3,(H,30,33)(H,28,29,31). The molecule has 1 aromatic heterocycles. The Bertz CT molecular complexity index is 1680. The normalized spacial score (nSPS) is 11.5. The second-order valence-corrected chi connectivity index (χ2v) is 12.8. The highest BCUT2D eigenvalue weighted by atomic mass is 32.2. The zero-order valence-corrected chi connectivity index (χ0v) is 24.5. The fraction of sp³-hybridized carbons (Fsp3) is 0.148. The molecule has 1 heterocycles. The van der Waals surface area contributed by atoms with Gasteiger partial charge >= 0.3 is 0 Å². The number of nitrogens with zero attached hydrogens (tertiary/aromatic N) is 3. The van der Waals surface area contributed by atoms with E-state index >= 15 is 0 Å². The van der Waals surface area contributed by atoms with E-state index in [4.69, 9.17) is 4.74 Å². The average Bonchev–Trinajstić information content (AvgIpc) is 2.97. The SMILES string of the molecule is CCOc1ccc(N(CC(=O)Nc2ccc(S(=O)(=O)Nc3ncccn3)cc2)S(=O)(=O)c2ccc(SC)cc2)cc1. The van der Waals surface area contributed by atoms with Crippen molar-refractivity contribution < 1.29 is 26.4 Å². The number of ether oxygens (including phenoxy) is 1. The van der Waals surface area contributed by atoms with Crippen molar-refractivity contribution in [3.05, 3.63) is 91.3 Å². The Morgan fingerprint density at radius 1 is 0.878 bits per heavy atom. The second kappa shape index (κ2) is 13.0. The first kappa shape index (κ1) is 29.8. The molecule has 3 aromatic carbocycles. The number of hydrogen-bond acceptors (Lipinski definition) is 9. The molecule has 1 amide bonds. The number of benzene rings is 3. The summed E-state index contributed by atoms with van der Waals surface area (Å²) in [4.78, 5) is 21.6. The number of nitrogens with one attached hydrogen (secondary N) is 2. The number of thioether (sulfide) groups is 1. The Labute approximate surface area is 243 Å². The average molecular weight is 614 g/mol. The van der Waals surface area contributed by atoms with Gasteiger partial charge in [-0.3, -0.25) is 9.10 Å². The summed E-state index contributed by atoms with van der Waals surface area (Å²) in [6, 6.07) is 19.7. The van der Waals surface area contributed by atoms with E-state index in [-0.39, 0.29) is 27.1 Å².